The minimum atomic E-state index is -1.05. The van der Waals surface area contributed by atoms with Crippen molar-refractivity contribution < 1.29 is 38.8 Å². The topological polar surface area (TPSA) is 124 Å². The first-order valence-corrected chi connectivity index (χ1v) is 9.37. The normalized spacial score (nSPS) is 17.7. The van der Waals surface area contributed by atoms with Gasteiger partial charge in [-0.3, -0.25) is 14.4 Å². The number of carbonyl (C=O) groups is 3. The fourth-order valence-electron chi connectivity index (χ4n) is 3.49. The van der Waals surface area contributed by atoms with E-state index in [1.165, 1.54) is 42.3 Å². The molecule has 0 spiro atoms. The summed E-state index contributed by atoms with van der Waals surface area (Å²) in [5.74, 6) is -3.99. The van der Waals surface area contributed by atoms with Crippen LogP contribution in [0.15, 0.2) is 48.0 Å². The number of aliphatic hydroxyl groups excluding tert-OH is 1. The Morgan fingerprint density at radius 3 is 2.42 bits per heavy atom. The first-order valence-electron chi connectivity index (χ1n) is 9.37. The predicted octanol–water partition coefficient (Wildman–Crippen LogP) is 2.83. The minimum Gasteiger partial charge on any atom is -0.507 e. The van der Waals surface area contributed by atoms with Crippen LogP contribution < -0.4 is 4.74 Å². The standard InChI is InChI=1S/C22H20FNO7/c1-31-16-11-13(6-9-15(16)25)19-18(20(28)12-4-7-14(23)8-5-12)21(29)22(30)24(19)10-2-3-17(26)27/h4-9,11,19,25,28H,2-3,10H2,1H3,(H,26,27)/b20-18+. The van der Waals surface area contributed by atoms with Gasteiger partial charge >= 0.3 is 5.97 Å². The molecule has 2 aromatic rings. The molecule has 9 heteroatoms. The Bertz CT molecular complexity index is 1060. The van der Waals surface area contributed by atoms with Gasteiger partial charge in [0.1, 0.15) is 11.6 Å². The fraction of sp³-hybridized carbons (Fsp3) is 0.227. The number of methoxy groups -OCH3 is 1. The van der Waals surface area contributed by atoms with Gasteiger partial charge in [-0.15, -0.1) is 0 Å². The van der Waals surface area contributed by atoms with Gasteiger partial charge in [0.25, 0.3) is 11.7 Å². The van der Waals surface area contributed by atoms with Crippen molar-refractivity contribution in [1.29, 1.82) is 0 Å². The lowest BCUT2D eigenvalue weighted by Gasteiger charge is -2.25. The highest BCUT2D eigenvalue weighted by atomic mass is 19.1. The molecule has 0 radical (unpaired) electrons. The summed E-state index contributed by atoms with van der Waals surface area (Å²) in [5.41, 5.74) is 0.285. The summed E-state index contributed by atoms with van der Waals surface area (Å²) < 4.78 is 18.4. The van der Waals surface area contributed by atoms with Crippen LogP contribution in [0.1, 0.15) is 30.0 Å². The van der Waals surface area contributed by atoms with Crippen LogP contribution in [0.3, 0.4) is 0 Å². The molecule has 1 unspecified atom stereocenters. The van der Waals surface area contributed by atoms with Crippen LogP contribution in [-0.2, 0) is 14.4 Å². The Morgan fingerprint density at radius 1 is 1.13 bits per heavy atom. The molecule has 1 atom stereocenters. The van der Waals surface area contributed by atoms with E-state index in [0.717, 1.165) is 12.1 Å². The molecule has 0 saturated carbocycles. The van der Waals surface area contributed by atoms with E-state index in [2.05, 4.69) is 0 Å². The van der Waals surface area contributed by atoms with Crippen molar-refractivity contribution in [2.45, 2.75) is 18.9 Å². The van der Waals surface area contributed by atoms with Crippen molar-refractivity contribution in [1.82, 2.24) is 4.90 Å². The van der Waals surface area contributed by atoms with Gasteiger partial charge in [0.2, 0.25) is 0 Å². The van der Waals surface area contributed by atoms with E-state index in [-0.39, 0.29) is 42.0 Å². The number of benzene rings is 2. The summed E-state index contributed by atoms with van der Waals surface area (Å²) in [5, 5.41) is 29.6. The highest BCUT2D eigenvalue weighted by Crippen LogP contribution is 2.41. The number of aliphatic carboxylic acids is 1. The molecular formula is C22H20FNO7. The number of likely N-dealkylation sites (tertiary alicyclic amines) is 1. The maximum absolute atomic E-state index is 13.3. The molecule has 1 aliphatic heterocycles. The lowest BCUT2D eigenvalue weighted by Crippen LogP contribution is -2.31. The van der Waals surface area contributed by atoms with Gasteiger partial charge in [-0.25, -0.2) is 4.39 Å². The van der Waals surface area contributed by atoms with Crippen LogP contribution in [0.4, 0.5) is 4.39 Å². The molecule has 3 rings (SSSR count). The van der Waals surface area contributed by atoms with Crippen LogP contribution in [0.2, 0.25) is 0 Å². The van der Waals surface area contributed by atoms with Gasteiger partial charge in [-0.1, -0.05) is 6.07 Å². The number of aromatic hydroxyl groups is 1. The first-order chi connectivity index (χ1) is 14.7. The summed E-state index contributed by atoms with van der Waals surface area (Å²) >= 11 is 0. The lowest BCUT2D eigenvalue weighted by molar-refractivity contribution is -0.140. The van der Waals surface area contributed by atoms with E-state index in [9.17, 15) is 29.0 Å². The monoisotopic (exact) mass is 429 g/mol. The van der Waals surface area contributed by atoms with Crippen molar-refractivity contribution in [3.63, 3.8) is 0 Å². The Kier molecular flexibility index (Phi) is 6.24. The molecule has 1 fully saturated rings. The van der Waals surface area contributed by atoms with Crippen molar-refractivity contribution in [3.8, 4) is 11.5 Å². The maximum Gasteiger partial charge on any atom is 0.303 e. The Balaban J connectivity index is 2.14. The van der Waals surface area contributed by atoms with Gasteiger partial charge < -0.3 is 25.0 Å². The van der Waals surface area contributed by atoms with Crippen LogP contribution in [0, 0.1) is 5.82 Å². The number of phenolic OH excluding ortho intramolecular Hbond substituents is 1. The number of carbonyl (C=O) groups excluding carboxylic acids is 2. The summed E-state index contributed by atoms with van der Waals surface area (Å²) in [7, 11) is 1.33. The highest BCUT2D eigenvalue weighted by molar-refractivity contribution is 6.46. The second-order valence-electron chi connectivity index (χ2n) is 6.93. The van der Waals surface area contributed by atoms with Crippen molar-refractivity contribution in [2.24, 2.45) is 0 Å². The Morgan fingerprint density at radius 2 is 1.81 bits per heavy atom. The van der Waals surface area contributed by atoms with Gasteiger partial charge in [-0.2, -0.15) is 0 Å². The zero-order chi connectivity index (χ0) is 22.7. The number of halogens is 1. The number of carboxylic acid groups (broad SMARTS) is 1. The van der Waals surface area contributed by atoms with Gasteiger partial charge in [0.05, 0.1) is 18.7 Å². The molecular weight excluding hydrogens is 409 g/mol. The van der Waals surface area contributed by atoms with E-state index in [1.54, 1.807) is 0 Å². The summed E-state index contributed by atoms with van der Waals surface area (Å²) in [6.45, 7) is -0.0507. The van der Waals surface area contributed by atoms with Crippen LogP contribution in [0.25, 0.3) is 5.76 Å². The molecule has 1 saturated heterocycles. The SMILES string of the molecule is COc1cc(C2/C(=C(\O)c3ccc(F)cc3)C(=O)C(=O)N2CCCC(=O)O)ccc1O. The number of aliphatic hydroxyl groups is 1. The minimum absolute atomic E-state index is 0.0507. The zero-order valence-corrected chi connectivity index (χ0v) is 16.5. The zero-order valence-electron chi connectivity index (χ0n) is 16.5. The van der Waals surface area contributed by atoms with Gasteiger partial charge in [-0.05, 0) is 48.4 Å². The third-order valence-corrected chi connectivity index (χ3v) is 4.97. The predicted molar refractivity (Wildman–Crippen MR) is 107 cm³/mol. The molecule has 1 aliphatic rings. The lowest BCUT2D eigenvalue weighted by atomic mass is 9.95. The number of Topliss-reactive ketones (excluding diaryl/α,β-unsaturated/α-hetero) is 1. The van der Waals surface area contributed by atoms with Gasteiger partial charge in [0, 0.05) is 18.5 Å². The number of hydrogen-bond donors (Lipinski definition) is 3. The van der Waals surface area contributed by atoms with Crippen molar-refractivity contribution in [2.75, 3.05) is 13.7 Å². The Labute approximate surface area is 176 Å². The molecule has 162 valence electrons. The summed E-state index contributed by atoms with van der Waals surface area (Å²) in [6.07, 6.45) is -0.128. The smallest absolute Gasteiger partial charge is 0.303 e. The number of ether oxygens (including phenoxy) is 1. The Hall–Kier alpha value is -3.88. The van der Waals surface area contributed by atoms with E-state index < -0.39 is 35.3 Å². The molecule has 1 heterocycles. The molecule has 1 amide bonds. The molecule has 3 N–H and O–H groups in total. The average Bonchev–Trinajstić information content (AvgIpc) is 2.99. The highest BCUT2D eigenvalue weighted by Gasteiger charge is 2.46. The number of nitrogens with zero attached hydrogens (tertiary/aromatic N) is 1. The second-order valence-corrected chi connectivity index (χ2v) is 6.93. The number of ketones is 1. The summed E-state index contributed by atoms with van der Waals surface area (Å²) in [6, 6.07) is 7.93. The van der Waals surface area contributed by atoms with Crippen LogP contribution in [-0.4, -0.2) is 51.5 Å². The largest absolute Gasteiger partial charge is 0.507 e. The second kappa shape index (κ2) is 8.86. The molecule has 2 aromatic carbocycles. The number of hydrogen-bond acceptors (Lipinski definition) is 6. The van der Waals surface area contributed by atoms with Gasteiger partial charge in [0.15, 0.2) is 11.5 Å². The van der Waals surface area contributed by atoms with E-state index in [4.69, 9.17) is 9.84 Å². The van der Waals surface area contributed by atoms with E-state index >= 15 is 0 Å². The quantitative estimate of drug-likeness (QED) is 0.351. The average molecular weight is 429 g/mol. The number of rotatable bonds is 7. The van der Waals surface area contributed by atoms with Crippen molar-refractivity contribution in [3.05, 3.63) is 65.0 Å². The van der Waals surface area contributed by atoms with Crippen molar-refractivity contribution >= 4 is 23.4 Å². The van der Waals surface area contributed by atoms with E-state index in [1.807, 2.05) is 0 Å². The number of carboxylic acids is 1. The molecule has 0 aromatic heterocycles. The third-order valence-electron chi connectivity index (χ3n) is 4.97. The molecule has 0 aliphatic carbocycles. The number of phenols is 1. The molecule has 31 heavy (non-hydrogen) atoms. The molecule has 8 nitrogen and oxygen atoms in total. The maximum atomic E-state index is 13.3. The first kappa shape index (κ1) is 21.8. The molecule has 0 bridgehead atoms. The summed E-state index contributed by atoms with van der Waals surface area (Å²) in [4.78, 5) is 37.6. The number of amides is 1. The van der Waals surface area contributed by atoms with E-state index in [0.29, 0.717) is 5.56 Å². The third kappa shape index (κ3) is 4.35. The van der Waals surface area contributed by atoms with Crippen LogP contribution >= 0.6 is 0 Å². The van der Waals surface area contributed by atoms with Crippen LogP contribution in [0.5, 0.6) is 11.5 Å². The fourth-order valence-corrected chi connectivity index (χ4v) is 3.49.